The van der Waals surface area contributed by atoms with E-state index < -0.39 is 0 Å². The van der Waals surface area contributed by atoms with Crippen LogP contribution in [-0.2, 0) is 21.7 Å². The van der Waals surface area contributed by atoms with Gasteiger partial charge >= 0.3 is 0 Å². The van der Waals surface area contributed by atoms with Gasteiger partial charge < -0.3 is 10.2 Å². The predicted octanol–water partition coefficient (Wildman–Crippen LogP) is 14.3. The fourth-order valence-corrected chi connectivity index (χ4v) is 7.23. The molecule has 0 amide bonds. The van der Waals surface area contributed by atoms with Crippen molar-refractivity contribution in [2.45, 2.75) is 105 Å². The van der Waals surface area contributed by atoms with Gasteiger partial charge in [0.15, 0.2) is 0 Å². The van der Waals surface area contributed by atoms with Gasteiger partial charge in [-0.2, -0.15) is 0 Å². The van der Waals surface area contributed by atoms with Gasteiger partial charge in [-0.1, -0.05) is 192 Å². The lowest BCUT2D eigenvalue weighted by atomic mass is 9.78. The highest BCUT2D eigenvalue weighted by Gasteiger charge is 2.29. The topological polar surface area (TPSA) is 65.2 Å². The van der Waals surface area contributed by atoms with Gasteiger partial charge in [-0.05, 0) is 57.1 Å². The zero-order chi connectivity index (χ0) is 42.2. The Labute approximate surface area is 347 Å². The SMILES string of the molecule is CC(C)(C)c1cc(C(=Nc2ccccc2-c2ccccc2N=C(c2ccccc2)c2cc(C(C)(C)C)cc(C(C)(C)C)c2O)c2ccccc2)c(O)c(C(C)(C)C)c1. The lowest BCUT2D eigenvalue weighted by Crippen LogP contribution is -2.19. The molecule has 0 aliphatic rings. The fraction of sp³-hybridized carbons (Fsp3) is 0.296. The van der Waals surface area contributed by atoms with Gasteiger partial charge in [0.25, 0.3) is 0 Å². The van der Waals surface area contributed by atoms with Crippen LogP contribution < -0.4 is 0 Å². The van der Waals surface area contributed by atoms with Crippen LogP contribution in [0.1, 0.15) is 128 Å². The van der Waals surface area contributed by atoms with Crippen molar-refractivity contribution in [1.29, 1.82) is 0 Å². The Morgan fingerprint density at radius 2 is 0.690 bits per heavy atom. The largest absolute Gasteiger partial charge is 0.507 e. The number of phenolic OH excluding ortho intramolecular Hbond substituents is 2. The highest BCUT2D eigenvalue weighted by Crippen LogP contribution is 2.43. The van der Waals surface area contributed by atoms with Crippen LogP contribution >= 0.6 is 0 Å². The number of aromatic hydroxyl groups is 2. The number of rotatable bonds is 7. The van der Waals surface area contributed by atoms with E-state index in [1.165, 1.54) is 0 Å². The average molecular weight is 769 g/mol. The quantitative estimate of drug-likeness (QED) is 0.159. The van der Waals surface area contributed by atoms with Crippen molar-refractivity contribution in [1.82, 2.24) is 0 Å². The summed E-state index contributed by atoms with van der Waals surface area (Å²) in [7, 11) is 0. The van der Waals surface area contributed by atoms with Crippen LogP contribution in [0, 0.1) is 0 Å². The highest BCUT2D eigenvalue weighted by atomic mass is 16.3. The molecule has 0 radical (unpaired) electrons. The molecule has 4 nitrogen and oxygen atoms in total. The second-order valence-electron chi connectivity index (χ2n) is 19.5. The summed E-state index contributed by atoms with van der Waals surface area (Å²) in [6, 6.07) is 45.0. The molecule has 298 valence electrons. The van der Waals surface area contributed by atoms with E-state index in [2.05, 4.69) is 144 Å². The average Bonchev–Trinajstić information content (AvgIpc) is 3.15. The van der Waals surface area contributed by atoms with Gasteiger partial charge in [0.2, 0.25) is 0 Å². The summed E-state index contributed by atoms with van der Waals surface area (Å²) < 4.78 is 0. The Morgan fingerprint density at radius 3 is 1.00 bits per heavy atom. The lowest BCUT2D eigenvalue weighted by Gasteiger charge is -2.28. The van der Waals surface area contributed by atoms with E-state index in [1.54, 1.807) is 0 Å². The highest BCUT2D eigenvalue weighted by molar-refractivity contribution is 6.17. The molecule has 4 heteroatoms. The molecular weight excluding hydrogens is 709 g/mol. The molecule has 6 rings (SSSR count). The molecule has 6 aromatic carbocycles. The number of benzene rings is 6. The number of para-hydroxylation sites is 2. The zero-order valence-electron chi connectivity index (χ0n) is 36.5. The fourth-order valence-electron chi connectivity index (χ4n) is 7.23. The Hall–Kier alpha value is -5.74. The number of aliphatic imine (C=N–C) groups is 2. The van der Waals surface area contributed by atoms with Gasteiger partial charge in [0.1, 0.15) is 11.5 Å². The van der Waals surface area contributed by atoms with Gasteiger partial charge in [0, 0.05) is 44.5 Å². The third-order valence-corrected chi connectivity index (χ3v) is 10.7. The first-order valence-electron chi connectivity index (χ1n) is 20.4. The standard InChI is InChI=1S/C54H60N2O2/c1-51(2,3)37-31-41(49(57)43(33-37)53(7,8)9)47(35-23-15-13-16-24-35)55-45-29-21-19-27-39(45)40-28-20-22-30-46(40)56-48(36-25-17-14-18-26-36)42-32-38(52(4,5)6)34-44(50(42)58)54(10,11)12/h13-34,57-58H,1-12H3. The third kappa shape index (κ3) is 9.02. The summed E-state index contributed by atoms with van der Waals surface area (Å²) in [6.07, 6.45) is 0. The van der Waals surface area contributed by atoms with E-state index in [0.29, 0.717) is 22.6 Å². The Morgan fingerprint density at radius 1 is 0.379 bits per heavy atom. The van der Waals surface area contributed by atoms with E-state index in [1.807, 2.05) is 72.8 Å². The summed E-state index contributed by atoms with van der Waals surface area (Å²) in [5, 5.41) is 24.2. The number of phenols is 2. The molecule has 0 atom stereocenters. The van der Waals surface area contributed by atoms with Gasteiger partial charge in [-0.3, -0.25) is 0 Å². The third-order valence-electron chi connectivity index (χ3n) is 10.7. The minimum absolute atomic E-state index is 0.163. The molecule has 58 heavy (non-hydrogen) atoms. The summed E-state index contributed by atoms with van der Waals surface area (Å²) in [4.78, 5) is 11.0. The van der Waals surface area contributed by atoms with Gasteiger partial charge in [-0.15, -0.1) is 0 Å². The molecule has 0 saturated heterocycles. The molecule has 6 aromatic rings. The van der Waals surface area contributed by atoms with Crippen molar-refractivity contribution in [3.63, 3.8) is 0 Å². The minimum atomic E-state index is -0.304. The Balaban J connectivity index is 1.64. The maximum Gasteiger partial charge on any atom is 0.128 e. The van der Waals surface area contributed by atoms with Crippen molar-refractivity contribution in [2.75, 3.05) is 0 Å². The van der Waals surface area contributed by atoms with Crippen LogP contribution in [0.5, 0.6) is 11.5 Å². The van der Waals surface area contributed by atoms with Crippen LogP contribution in [0.3, 0.4) is 0 Å². The van der Waals surface area contributed by atoms with Crippen molar-refractivity contribution >= 4 is 22.8 Å². The summed E-state index contributed by atoms with van der Waals surface area (Å²) >= 11 is 0. The van der Waals surface area contributed by atoms with E-state index >= 15 is 0 Å². The van der Waals surface area contributed by atoms with E-state index in [4.69, 9.17) is 9.98 Å². The smallest absolute Gasteiger partial charge is 0.128 e. The Kier molecular flexibility index (Phi) is 11.5. The first-order chi connectivity index (χ1) is 27.1. The first-order valence-corrected chi connectivity index (χ1v) is 20.4. The number of hydrogen-bond donors (Lipinski definition) is 2. The molecule has 0 heterocycles. The van der Waals surface area contributed by atoms with Crippen LogP contribution in [0.15, 0.2) is 143 Å². The van der Waals surface area contributed by atoms with E-state index in [0.717, 1.165) is 55.9 Å². The minimum Gasteiger partial charge on any atom is -0.507 e. The van der Waals surface area contributed by atoms with Crippen LogP contribution in [0.2, 0.25) is 0 Å². The lowest BCUT2D eigenvalue weighted by molar-refractivity contribution is 0.443. The maximum atomic E-state index is 12.1. The second kappa shape index (κ2) is 15.9. The van der Waals surface area contributed by atoms with Gasteiger partial charge in [0.05, 0.1) is 22.8 Å². The molecule has 2 N–H and O–H groups in total. The molecule has 0 aliphatic heterocycles. The van der Waals surface area contributed by atoms with Gasteiger partial charge in [-0.25, -0.2) is 9.98 Å². The van der Waals surface area contributed by atoms with Crippen molar-refractivity contribution in [3.05, 3.63) is 178 Å². The van der Waals surface area contributed by atoms with Crippen molar-refractivity contribution in [2.24, 2.45) is 9.98 Å². The monoisotopic (exact) mass is 768 g/mol. The Bertz CT molecular complexity index is 2300. The van der Waals surface area contributed by atoms with Crippen LogP contribution in [-0.4, -0.2) is 21.6 Å². The van der Waals surface area contributed by atoms with Crippen molar-refractivity contribution < 1.29 is 10.2 Å². The zero-order valence-corrected chi connectivity index (χ0v) is 36.5. The summed E-state index contributed by atoms with van der Waals surface area (Å²) in [6.45, 7) is 26.0. The molecule has 0 fully saturated rings. The second-order valence-corrected chi connectivity index (χ2v) is 19.5. The molecule has 0 bridgehead atoms. The summed E-state index contributed by atoms with van der Waals surface area (Å²) in [5.41, 5.74) is 10.9. The maximum absolute atomic E-state index is 12.1. The van der Waals surface area contributed by atoms with E-state index in [-0.39, 0.29) is 33.2 Å². The van der Waals surface area contributed by atoms with Crippen molar-refractivity contribution in [3.8, 4) is 22.6 Å². The van der Waals surface area contributed by atoms with E-state index in [9.17, 15) is 10.2 Å². The predicted molar refractivity (Wildman–Crippen MR) is 246 cm³/mol. The number of nitrogens with zero attached hydrogens (tertiary/aromatic N) is 2. The number of hydrogen-bond acceptors (Lipinski definition) is 4. The molecule has 0 unspecified atom stereocenters. The molecule has 0 aromatic heterocycles. The molecule has 0 saturated carbocycles. The normalized spacial score (nSPS) is 13.2. The molecule has 0 aliphatic carbocycles. The molecule has 0 spiro atoms. The molecular formula is C54H60N2O2. The summed E-state index contributed by atoms with van der Waals surface area (Å²) in [5.74, 6) is 0.481. The van der Waals surface area contributed by atoms with Crippen LogP contribution in [0.25, 0.3) is 11.1 Å². The first kappa shape index (κ1) is 41.9. The van der Waals surface area contributed by atoms with Crippen LogP contribution in [0.4, 0.5) is 11.4 Å².